The molecular formula is C11H8Cl2O-2. The molecular weight excluding hydrogens is 219 g/mol. The number of hydrogen-bond donors (Lipinski definition) is 0. The van der Waals surface area contributed by atoms with Crippen molar-refractivity contribution < 1.29 is 29.6 Å². The number of aldehydes is 1. The Morgan fingerprint density at radius 1 is 0.857 bits per heavy atom. The molecule has 0 unspecified atom stereocenters. The summed E-state index contributed by atoms with van der Waals surface area (Å²) in [6.45, 7) is 0. The van der Waals surface area contributed by atoms with Crippen LogP contribution in [0, 0.1) is 0 Å². The van der Waals surface area contributed by atoms with E-state index in [1.807, 2.05) is 42.5 Å². The molecule has 3 heteroatoms. The third-order valence-electron chi connectivity index (χ3n) is 1.91. The van der Waals surface area contributed by atoms with Crippen LogP contribution >= 0.6 is 0 Å². The minimum atomic E-state index is 0. The Balaban J connectivity index is 0.000000845. The summed E-state index contributed by atoms with van der Waals surface area (Å²) in [6.07, 6.45) is 0.867. The highest BCUT2D eigenvalue weighted by Crippen LogP contribution is 2.14. The summed E-state index contributed by atoms with van der Waals surface area (Å²) in [5, 5.41) is 2.28. The van der Waals surface area contributed by atoms with Gasteiger partial charge < -0.3 is 24.8 Å². The molecule has 2 aromatic rings. The van der Waals surface area contributed by atoms with Crippen molar-refractivity contribution in [2.24, 2.45) is 0 Å². The lowest BCUT2D eigenvalue weighted by molar-refractivity contribution is -0.00100. The van der Waals surface area contributed by atoms with Crippen molar-refractivity contribution >= 4 is 17.1 Å². The van der Waals surface area contributed by atoms with Crippen LogP contribution in [0.15, 0.2) is 42.5 Å². The molecule has 0 saturated heterocycles. The molecule has 74 valence electrons. The molecule has 2 rings (SSSR count). The molecule has 0 aromatic heterocycles. The van der Waals surface area contributed by atoms with Crippen LogP contribution in [0.5, 0.6) is 0 Å². The van der Waals surface area contributed by atoms with Gasteiger partial charge in [0.25, 0.3) is 0 Å². The van der Waals surface area contributed by atoms with Gasteiger partial charge in [0.2, 0.25) is 0 Å². The van der Waals surface area contributed by atoms with E-state index in [1.165, 1.54) is 5.39 Å². The van der Waals surface area contributed by atoms with E-state index in [1.54, 1.807) is 0 Å². The summed E-state index contributed by atoms with van der Waals surface area (Å²) in [5.41, 5.74) is 0.730. The predicted octanol–water partition coefficient (Wildman–Crippen LogP) is -3.34. The van der Waals surface area contributed by atoms with Gasteiger partial charge in [-0.3, -0.25) is 4.79 Å². The first-order chi connectivity index (χ1) is 5.90. The van der Waals surface area contributed by atoms with Crippen LogP contribution in [0.2, 0.25) is 0 Å². The van der Waals surface area contributed by atoms with Crippen LogP contribution < -0.4 is 24.8 Å². The molecule has 0 fully saturated rings. The Labute approximate surface area is 94.9 Å². The number of carbonyl (C=O) groups is 1. The molecule has 0 spiro atoms. The molecule has 0 aliphatic heterocycles. The smallest absolute Gasteiger partial charge is 0.150 e. The number of benzene rings is 2. The van der Waals surface area contributed by atoms with E-state index in [4.69, 9.17) is 0 Å². The Morgan fingerprint density at radius 2 is 1.50 bits per heavy atom. The van der Waals surface area contributed by atoms with Crippen LogP contribution in [-0.2, 0) is 0 Å². The monoisotopic (exact) mass is 226 g/mol. The first kappa shape index (κ1) is 12.9. The lowest BCUT2D eigenvalue weighted by Crippen LogP contribution is -3.00. The van der Waals surface area contributed by atoms with E-state index in [0.29, 0.717) is 0 Å². The second-order valence-electron chi connectivity index (χ2n) is 2.72. The second kappa shape index (κ2) is 5.63. The average Bonchev–Trinajstić information content (AvgIpc) is 2.17. The molecule has 0 N–H and O–H groups in total. The Kier molecular flexibility index (Phi) is 5.21. The van der Waals surface area contributed by atoms with Gasteiger partial charge in [0, 0.05) is 5.56 Å². The molecule has 0 heterocycles. The van der Waals surface area contributed by atoms with Gasteiger partial charge in [-0.15, -0.1) is 0 Å². The first-order valence-electron chi connectivity index (χ1n) is 3.84. The number of fused-ring (bicyclic) bond motifs is 1. The van der Waals surface area contributed by atoms with Crippen molar-refractivity contribution in [2.45, 2.75) is 0 Å². The van der Waals surface area contributed by atoms with Gasteiger partial charge >= 0.3 is 0 Å². The summed E-state index contributed by atoms with van der Waals surface area (Å²) in [7, 11) is 0. The van der Waals surface area contributed by atoms with Crippen molar-refractivity contribution in [2.75, 3.05) is 0 Å². The number of rotatable bonds is 1. The van der Waals surface area contributed by atoms with E-state index in [2.05, 4.69) is 0 Å². The molecule has 0 aliphatic carbocycles. The standard InChI is InChI=1S/C11H8O.2ClH/c12-8-9-5-6-10-3-1-2-4-11(10)7-9;;/h1-8H;2*1H/p-2. The van der Waals surface area contributed by atoms with Gasteiger partial charge in [0.1, 0.15) is 6.29 Å². The van der Waals surface area contributed by atoms with E-state index in [9.17, 15) is 4.79 Å². The number of carbonyl (C=O) groups excluding carboxylic acids is 1. The fourth-order valence-corrected chi connectivity index (χ4v) is 1.28. The summed E-state index contributed by atoms with van der Waals surface area (Å²) < 4.78 is 0. The van der Waals surface area contributed by atoms with Gasteiger partial charge in [-0.25, -0.2) is 0 Å². The average molecular weight is 227 g/mol. The molecule has 0 saturated carbocycles. The molecule has 14 heavy (non-hydrogen) atoms. The molecule has 0 amide bonds. The molecule has 2 aromatic carbocycles. The topological polar surface area (TPSA) is 17.1 Å². The number of hydrogen-bond acceptors (Lipinski definition) is 1. The van der Waals surface area contributed by atoms with Gasteiger partial charge in [0.05, 0.1) is 0 Å². The molecule has 0 aliphatic rings. The zero-order valence-electron chi connectivity index (χ0n) is 7.28. The van der Waals surface area contributed by atoms with Crippen LogP contribution in [0.4, 0.5) is 0 Å². The highest BCUT2D eigenvalue weighted by Gasteiger charge is 1.92. The van der Waals surface area contributed by atoms with Crippen LogP contribution in [0.25, 0.3) is 10.8 Å². The Bertz CT molecular complexity index is 426. The molecule has 0 radical (unpaired) electrons. The highest BCUT2D eigenvalue weighted by molar-refractivity contribution is 5.88. The highest BCUT2D eigenvalue weighted by atomic mass is 35.5. The van der Waals surface area contributed by atoms with Gasteiger partial charge in [0.15, 0.2) is 0 Å². The summed E-state index contributed by atoms with van der Waals surface area (Å²) >= 11 is 0. The SMILES string of the molecule is O=Cc1ccc2ccccc2c1.[Cl-].[Cl-]. The lowest BCUT2D eigenvalue weighted by Gasteiger charge is -1.96. The fourth-order valence-electron chi connectivity index (χ4n) is 1.28. The maximum Gasteiger partial charge on any atom is 0.150 e. The summed E-state index contributed by atoms with van der Waals surface area (Å²) in [6, 6.07) is 13.7. The minimum Gasteiger partial charge on any atom is -1.00 e. The van der Waals surface area contributed by atoms with Crippen molar-refractivity contribution in [3.8, 4) is 0 Å². The third-order valence-corrected chi connectivity index (χ3v) is 1.91. The first-order valence-corrected chi connectivity index (χ1v) is 3.84. The quantitative estimate of drug-likeness (QED) is 0.465. The maximum atomic E-state index is 10.5. The largest absolute Gasteiger partial charge is 1.00 e. The fraction of sp³-hybridized carbons (Fsp3) is 0. The molecule has 0 bridgehead atoms. The normalized spacial score (nSPS) is 8.57. The minimum absolute atomic E-state index is 0. The van der Waals surface area contributed by atoms with E-state index >= 15 is 0 Å². The number of halogens is 2. The summed E-state index contributed by atoms with van der Waals surface area (Å²) in [4.78, 5) is 10.5. The third kappa shape index (κ3) is 2.47. The predicted molar refractivity (Wildman–Crippen MR) is 49.3 cm³/mol. The van der Waals surface area contributed by atoms with Crippen molar-refractivity contribution in [1.82, 2.24) is 0 Å². The van der Waals surface area contributed by atoms with Gasteiger partial charge in [-0.1, -0.05) is 36.4 Å². The maximum absolute atomic E-state index is 10.5. The Morgan fingerprint density at radius 3 is 2.14 bits per heavy atom. The molecule has 1 nitrogen and oxygen atoms in total. The van der Waals surface area contributed by atoms with Crippen molar-refractivity contribution in [3.05, 3.63) is 48.0 Å². The van der Waals surface area contributed by atoms with Crippen molar-refractivity contribution in [1.29, 1.82) is 0 Å². The van der Waals surface area contributed by atoms with E-state index in [0.717, 1.165) is 17.2 Å². The summed E-state index contributed by atoms with van der Waals surface area (Å²) in [5.74, 6) is 0. The zero-order chi connectivity index (χ0) is 8.39. The van der Waals surface area contributed by atoms with Crippen LogP contribution in [-0.4, -0.2) is 6.29 Å². The zero-order valence-corrected chi connectivity index (χ0v) is 8.79. The Hall–Kier alpha value is -1.05. The lowest BCUT2D eigenvalue weighted by atomic mass is 10.1. The van der Waals surface area contributed by atoms with Crippen molar-refractivity contribution in [3.63, 3.8) is 0 Å². The molecule has 0 atom stereocenters. The van der Waals surface area contributed by atoms with Crippen LogP contribution in [0.1, 0.15) is 10.4 Å². The van der Waals surface area contributed by atoms with Gasteiger partial charge in [-0.2, -0.15) is 0 Å². The van der Waals surface area contributed by atoms with E-state index in [-0.39, 0.29) is 24.8 Å². The van der Waals surface area contributed by atoms with Crippen LogP contribution in [0.3, 0.4) is 0 Å². The van der Waals surface area contributed by atoms with E-state index < -0.39 is 0 Å². The second-order valence-corrected chi connectivity index (χ2v) is 2.72. The van der Waals surface area contributed by atoms with Gasteiger partial charge in [-0.05, 0) is 16.8 Å².